The lowest BCUT2D eigenvalue weighted by atomic mass is 10.1. The topological polar surface area (TPSA) is 52.3 Å². The Morgan fingerprint density at radius 1 is 0.931 bits per heavy atom. The van der Waals surface area contributed by atoms with Gasteiger partial charge in [-0.2, -0.15) is 0 Å². The summed E-state index contributed by atoms with van der Waals surface area (Å²) in [6.07, 6.45) is 1.88. The predicted molar refractivity (Wildman–Crippen MR) is 117 cm³/mol. The number of halogens is 1. The molecule has 5 nitrogen and oxygen atoms in total. The lowest BCUT2D eigenvalue weighted by molar-refractivity contribution is 0.308. The number of hydrogen-bond donors (Lipinski definition) is 0. The van der Waals surface area contributed by atoms with Crippen LogP contribution in [0.15, 0.2) is 77.4 Å². The highest BCUT2D eigenvalue weighted by atomic mass is 79.9. The molecule has 0 aliphatic heterocycles. The van der Waals surface area contributed by atoms with Gasteiger partial charge in [-0.15, -0.1) is 5.10 Å². The molecule has 0 radical (unpaired) electrons. The summed E-state index contributed by atoms with van der Waals surface area (Å²) in [5.74, 6) is 1.39. The molecule has 6 heteroatoms. The maximum absolute atomic E-state index is 6.28. The summed E-state index contributed by atoms with van der Waals surface area (Å²) in [7, 11) is 0. The van der Waals surface area contributed by atoms with E-state index in [0.29, 0.717) is 12.4 Å². The van der Waals surface area contributed by atoms with E-state index in [0.717, 1.165) is 43.6 Å². The lowest BCUT2D eigenvalue weighted by Crippen LogP contribution is -2.01. The monoisotopic (exact) mass is 444 g/mol. The number of hydrogen-bond acceptors (Lipinski definition) is 4. The van der Waals surface area contributed by atoms with E-state index in [4.69, 9.17) is 9.72 Å². The quantitative estimate of drug-likeness (QED) is 0.362. The Balaban J connectivity index is 1.64. The second kappa shape index (κ2) is 7.29. The third-order valence-electron chi connectivity index (χ3n) is 4.81. The number of benzene rings is 2. The molecule has 0 atom stereocenters. The summed E-state index contributed by atoms with van der Waals surface area (Å²) in [4.78, 5) is 9.51. The fourth-order valence-electron chi connectivity index (χ4n) is 3.37. The van der Waals surface area contributed by atoms with Gasteiger partial charge in [-0.05, 0) is 52.7 Å². The van der Waals surface area contributed by atoms with Crippen molar-refractivity contribution >= 4 is 32.5 Å². The molecule has 29 heavy (non-hydrogen) atoms. The van der Waals surface area contributed by atoms with Crippen LogP contribution in [0.1, 0.15) is 11.1 Å². The van der Waals surface area contributed by atoms with Crippen LogP contribution < -0.4 is 4.74 Å². The summed E-state index contributed by atoms with van der Waals surface area (Å²) in [5, 5.41) is 5.61. The van der Waals surface area contributed by atoms with E-state index in [-0.39, 0.29) is 0 Å². The largest absolute Gasteiger partial charge is 0.488 e. The van der Waals surface area contributed by atoms with Gasteiger partial charge >= 0.3 is 0 Å². The van der Waals surface area contributed by atoms with Crippen molar-refractivity contribution in [3.63, 3.8) is 0 Å². The van der Waals surface area contributed by atoms with Gasteiger partial charge in [0.2, 0.25) is 5.82 Å². The molecule has 0 bridgehead atoms. The molecule has 0 spiro atoms. The number of rotatable bonds is 4. The second-order valence-corrected chi connectivity index (χ2v) is 7.71. The van der Waals surface area contributed by atoms with Gasteiger partial charge in [0.1, 0.15) is 18.1 Å². The summed E-state index contributed by atoms with van der Waals surface area (Å²) in [5.41, 5.74) is 4.40. The highest BCUT2D eigenvalue weighted by molar-refractivity contribution is 9.10. The van der Waals surface area contributed by atoms with Gasteiger partial charge in [0.25, 0.3) is 0 Å². The zero-order chi connectivity index (χ0) is 19.8. The summed E-state index contributed by atoms with van der Waals surface area (Å²) >= 11 is 3.48. The van der Waals surface area contributed by atoms with Gasteiger partial charge in [-0.3, -0.25) is 0 Å². The molecule has 0 saturated carbocycles. The minimum absolute atomic E-state index is 0.487. The van der Waals surface area contributed by atoms with Crippen LogP contribution in [-0.2, 0) is 6.61 Å². The average molecular weight is 445 g/mol. The van der Waals surface area contributed by atoms with Crippen molar-refractivity contribution in [3.05, 3.63) is 88.5 Å². The number of aromatic nitrogens is 4. The number of nitrogens with zero attached hydrogens (tertiary/aromatic N) is 4. The van der Waals surface area contributed by atoms with E-state index in [9.17, 15) is 0 Å². The Morgan fingerprint density at radius 2 is 1.72 bits per heavy atom. The van der Waals surface area contributed by atoms with Gasteiger partial charge in [-0.1, -0.05) is 42.5 Å². The third kappa shape index (κ3) is 3.36. The van der Waals surface area contributed by atoms with Crippen molar-refractivity contribution in [2.24, 2.45) is 0 Å². The van der Waals surface area contributed by atoms with Gasteiger partial charge < -0.3 is 4.74 Å². The van der Waals surface area contributed by atoms with Crippen molar-refractivity contribution < 1.29 is 4.74 Å². The Hall–Kier alpha value is -3.25. The van der Waals surface area contributed by atoms with Crippen LogP contribution >= 0.6 is 15.9 Å². The van der Waals surface area contributed by atoms with E-state index in [1.807, 2.05) is 67.7 Å². The molecule has 5 rings (SSSR count). The Morgan fingerprint density at radius 3 is 2.59 bits per heavy atom. The molecule has 0 aliphatic carbocycles. The third-order valence-corrected chi connectivity index (χ3v) is 5.28. The van der Waals surface area contributed by atoms with Crippen LogP contribution in [0.4, 0.5) is 0 Å². The first-order valence-corrected chi connectivity index (χ1v) is 10.1. The van der Waals surface area contributed by atoms with Crippen molar-refractivity contribution in [3.8, 4) is 17.3 Å². The minimum Gasteiger partial charge on any atom is -0.488 e. The molecule has 142 valence electrons. The standard InChI is InChI=1S/C23H17BrN4O/c1-15-21(23-26-20-12-11-17(24)13-28(20)27-23)25-19-10-6-5-9-18(19)22(15)29-14-16-7-3-2-4-8-16/h2-13H,14H2,1H3. The van der Waals surface area contributed by atoms with Crippen LogP contribution in [-0.4, -0.2) is 19.6 Å². The number of pyridine rings is 2. The van der Waals surface area contributed by atoms with E-state index >= 15 is 0 Å². The zero-order valence-electron chi connectivity index (χ0n) is 15.7. The molecule has 3 aromatic heterocycles. The van der Waals surface area contributed by atoms with Crippen molar-refractivity contribution in [2.75, 3.05) is 0 Å². The van der Waals surface area contributed by atoms with E-state index in [1.54, 1.807) is 4.52 Å². The number of ether oxygens (including phenoxy) is 1. The molecule has 0 N–H and O–H groups in total. The maximum atomic E-state index is 6.28. The molecule has 0 aliphatic rings. The average Bonchev–Trinajstić information content (AvgIpc) is 3.16. The maximum Gasteiger partial charge on any atom is 0.201 e. The van der Waals surface area contributed by atoms with Crippen LogP contribution in [0.3, 0.4) is 0 Å². The Bertz CT molecular complexity index is 1330. The highest BCUT2D eigenvalue weighted by Gasteiger charge is 2.18. The van der Waals surface area contributed by atoms with Crippen molar-refractivity contribution in [1.29, 1.82) is 0 Å². The number of fused-ring (bicyclic) bond motifs is 2. The molecule has 0 saturated heterocycles. The second-order valence-electron chi connectivity index (χ2n) is 6.79. The Labute approximate surface area is 176 Å². The first-order chi connectivity index (χ1) is 14.2. The fourth-order valence-corrected chi connectivity index (χ4v) is 3.69. The van der Waals surface area contributed by atoms with Gasteiger partial charge in [0.05, 0.1) is 5.52 Å². The van der Waals surface area contributed by atoms with E-state index < -0.39 is 0 Å². The predicted octanol–water partition coefficient (Wildman–Crippen LogP) is 5.59. The minimum atomic E-state index is 0.487. The SMILES string of the molecule is Cc1c(-c2nc3ccc(Br)cn3n2)nc2ccccc2c1OCc1ccccc1. The van der Waals surface area contributed by atoms with Crippen molar-refractivity contribution in [1.82, 2.24) is 19.6 Å². The highest BCUT2D eigenvalue weighted by Crippen LogP contribution is 2.34. The van der Waals surface area contributed by atoms with Crippen molar-refractivity contribution in [2.45, 2.75) is 13.5 Å². The zero-order valence-corrected chi connectivity index (χ0v) is 17.3. The molecule has 2 aromatic carbocycles. The molecular formula is C23H17BrN4O. The fraction of sp³-hybridized carbons (Fsp3) is 0.0870. The first kappa shape index (κ1) is 17.8. The van der Waals surface area contributed by atoms with E-state index in [2.05, 4.69) is 38.1 Å². The lowest BCUT2D eigenvalue weighted by Gasteiger charge is -2.14. The van der Waals surface area contributed by atoms with Gasteiger partial charge in [0, 0.05) is 21.6 Å². The molecule has 0 fully saturated rings. The smallest absolute Gasteiger partial charge is 0.201 e. The van der Waals surface area contributed by atoms with Crippen LogP contribution in [0, 0.1) is 6.92 Å². The van der Waals surface area contributed by atoms with Crippen LogP contribution in [0.2, 0.25) is 0 Å². The molecule has 3 heterocycles. The molecular weight excluding hydrogens is 428 g/mol. The molecule has 0 amide bonds. The number of para-hydroxylation sites is 1. The van der Waals surface area contributed by atoms with Gasteiger partial charge in [-0.25, -0.2) is 14.5 Å². The molecule has 5 aromatic rings. The van der Waals surface area contributed by atoms with E-state index in [1.165, 1.54) is 0 Å². The van der Waals surface area contributed by atoms with Gasteiger partial charge in [0.15, 0.2) is 5.65 Å². The first-order valence-electron chi connectivity index (χ1n) is 9.27. The Kier molecular flexibility index (Phi) is 4.48. The normalized spacial score (nSPS) is 11.2. The summed E-state index contributed by atoms with van der Waals surface area (Å²) < 4.78 is 8.97. The van der Waals surface area contributed by atoms with Crippen LogP contribution in [0.5, 0.6) is 5.75 Å². The molecule has 0 unspecified atom stereocenters. The summed E-state index contributed by atoms with van der Waals surface area (Å²) in [6.45, 7) is 2.50. The summed E-state index contributed by atoms with van der Waals surface area (Å²) in [6, 6.07) is 22.0. The van der Waals surface area contributed by atoms with Crippen LogP contribution in [0.25, 0.3) is 28.1 Å².